The molecule has 0 saturated heterocycles. The van der Waals surface area contributed by atoms with Crippen molar-refractivity contribution in [2.75, 3.05) is 5.75 Å². The minimum Gasteiger partial charge on any atom is -0.326 e. The maximum Gasteiger partial charge on any atom is 0.103 e. The highest BCUT2D eigenvalue weighted by Gasteiger charge is 2.11. The average Bonchev–Trinajstić information content (AvgIpc) is 2.59. The molecular formula is C13H24N2S2. The number of rotatable bonds is 7. The van der Waals surface area contributed by atoms with Gasteiger partial charge in [-0.2, -0.15) is 11.8 Å². The molecule has 0 amide bonds. The van der Waals surface area contributed by atoms with Gasteiger partial charge in [-0.1, -0.05) is 27.7 Å². The van der Waals surface area contributed by atoms with E-state index in [2.05, 4.69) is 27.7 Å². The second-order valence-electron chi connectivity index (χ2n) is 5.19. The van der Waals surface area contributed by atoms with E-state index in [1.54, 1.807) is 11.3 Å². The first-order chi connectivity index (χ1) is 8.02. The first kappa shape index (κ1) is 15.0. The van der Waals surface area contributed by atoms with Crippen molar-refractivity contribution in [3.05, 3.63) is 15.6 Å². The molecule has 0 atom stereocenters. The molecule has 98 valence electrons. The second-order valence-corrected chi connectivity index (χ2v) is 7.39. The molecule has 0 aliphatic rings. The summed E-state index contributed by atoms with van der Waals surface area (Å²) in [6, 6.07) is 0. The van der Waals surface area contributed by atoms with Gasteiger partial charge in [0.25, 0.3) is 0 Å². The molecule has 1 aromatic heterocycles. The van der Waals surface area contributed by atoms with E-state index in [9.17, 15) is 0 Å². The van der Waals surface area contributed by atoms with Gasteiger partial charge in [0, 0.05) is 17.2 Å². The molecule has 0 spiro atoms. The van der Waals surface area contributed by atoms with Crippen molar-refractivity contribution >= 4 is 23.1 Å². The van der Waals surface area contributed by atoms with Gasteiger partial charge in [-0.25, -0.2) is 4.98 Å². The Kier molecular flexibility index (Phi) is 6.52. The van der Waals surface area contributed by atoms with Crippen LogP contribution in [0.1, 0.15) is 43.3 Å². The third-order valence-corrected chi connectivity index (χ3v) is 4.97. The van der Waals surface area contributed by atoms with Gasteiger partial charge in [-0.3, -0.25) is 0 Å². The van der Waals surface area contributed by atoms with Gasteiger partial charge in [-0.05, 0) is 24.0 Å². The highest BCUT2D eigenvalue weighted by Crippen LogP contribution is 2.24. The zero-order chi connectivity index (χ0) is 12.8. The lowest BCUT2D eigenvalue weighted by Gasteiger charge is -2.03. The van der Waals surface area contributed by atoms with E-state index in [1.807, 2.05) is 11.8 Å². The zero-order valence-electron chi connectivity index (χ0n) is 11.3. The average molecular weight is 272 g/mol. The number of aromatic nitrogens is 1. The number of thiazole rings is 1. The predicted octanol–water partition coefficient (Wildman–Crippen LogP) is 3.69. The van der Waals surface area contributed by atoms with Crippen molar-refractivity contribution < 1.29 is 0 Å². The van der Waals surface area contributed by atoms with E-state index in [0.29, 0.717) is 12.5 Å². The summed E-state index contributed by atoms with van der Waals surface area (Å²) >= 11 is 3.77. The van der Waals surface area contributed by atoms with Gasteiger partial charge in [-0.15, -0.1) is 11.3 Å². The normalized spacial score (nSPS) is 11.7. The van der Waals surface area contributed by atoms with Crippen molar-refractivity contribution in [1.82, 2.24) is 4.98 Å². The van der Waals surface area contributed by atoms with Crippen molar-refractivity contribution in [3.8, 4) is 0 Å². The Balaban J connectivity index is 2.58. The molecule has 1 heterocycles. The first-order valence-corrected chi connectivity index (χ1v) is 8.25. The van der Waals surface area contributed by atoms with E-state index in [4.69, 9.17) is 10.7 Å². The summed E-state index contributed by atoms with van der Waals surface area (Å²) in [6.45, 7) is 9.60. The van der Waals surface area contributed by atoms with Crippen LogP contribution in [0.25, 0.3) is 0 Å². The Morgan fingerprint density at radius 3 is 2.47 bits per heavy atom. The minimum absolute atomic E-state index is 0.633. The Hall–Kier alpha value is -0.0600. The third kappa shape index (κ3) is 5.40. The van der Waals surface area contributed by atoms with Crippen LogP contribution in [0.2, 0.25) is 0 Å². The summed E-state index contributed by atoms with van der Waals surface area (Å²) in [5.41, 5.74) is 7.01. The van der Waals surface area contributed by atoms with Crippen LogP contribution < -0.4 is 5.73 Å². The van der Waals surface area contributed by atoms with Crippen molar-refractivity contribution in [2.24, 2.45) is 17.6 Å². The maximum absolute atomic E-state index is 5.78. The molecule has 4 heteroatoms. The minimum atomic E-state index is 0.633. The highest BCUT2D eigenvalue weighted by atomic mass is 32.2. The zero-order valence-corrected chi connectivity index (χ0v) is 13.0. The lowest BCUT2D eigenvalue weighted by molar-refractivity contribution is 0.633. The van der Waals surface area contributed by atoms with Crippen LogP contribution in [0.5, 0.6) is 0 Å². The molecule has 0 bridgehead atoms. The molecule has 0 unspecified atom stereocenters. The second kappa shape index (κ2) is 7.39. The van der Waals surface area contributed by atoms with E-state index in [-0.39, 0.29) is 0 Å². The maximum atomic E-state index is 5.78. The predicted molar refractivity (Wildman–Crippen MR) is 79.5 cm³/mol. The number of hydrogen-bond donors (Lipinski definition) is 1. The third-order valence-electron chi connectivity index (χ3n) is 2.29. The van der Waals surface area contributed by atoms with Crippen LogP contribution in [0.3, 0.4) is 0 Å². The van der Waals surface area contributed by atoms with Crippen LogP contribution in [-0.4, -0.2) is 10.7 Å². The molecule has 0 radical (unpaired) electrons. The fourth-order valence-corrected chi connectivity index (χ4v) is 3.67. The summed E-state index contributed by atoms with van der Waals surface area (Å²) in [5.74, 6) is 3.65. The number of hydrogen-bond acceptors (Lipinski definition) is 4. The van der Waals surface area contributed by atoms with Gasteiger partial charge in [0.15, 0.2) is 0 Å². The Labute approximate surface area is 113 Å². The SMILES string of the molecule is CC(C)CSCc1nc(CC(C)C)c(CN)s1. The number of thioether (sulfide) groups is 1. The van der Waals surface area contributed by atoms with E-state index < -0.39 is 0 Å². The number of nitrogens with two attached hydrogens (primary N) is 1. The van der Waals surface area contributed by atoms with Crippen molar-refractivity contribution in [1.29, 1.82) is 0 Å². The van der Waals surface area contributed by atoms with Gasteiger partial charge in [0.05, 0.1) is 5.69 Å². The van der Waals surface area contributed by atoms with Crippen molar-refractivity contribution in [2.45, 2.75) is 46.4 Å². The quantitative estimate of drug-likeness (QED) is 0.823. The molecule has 1 aromatic rings. The molecule has 0 aliphatic carbocycles. The van der Waals surface area contributed by atoms with Crippen LogP contribution >= 0.6 is 23.1 Å². The largest absolute Gasteiger partial charge is 0.326 e. The van der Waals surface area contributed by atoms with Crippen LogP contribution in [0.15, 0.2) is 0 Å². The standard InChI is InChI=1S/C13H24N2S2/c1-9(2)5-11-12(6-14)17-13(15-11)8-16-7-10(3)4/h9-10H,5-8,14H2,1-4H3. The van der Waals surface area contributed by atoms with Crippen LogP contribution in [0.4, 0.5) is 0 Å². The molecular weight excluding hydrogens is 248 g/mol. The molecule has 0 aromatic carbocycles. The summed E-state index contributed by atoms with van der Waals surface area (Å²) in [4.78, 5) is 6.01. The molecule has 0 saturated carbocycles. The molecule has 0 aliphatic heterocycles. The molecule has 0 fully saturated rings. The van der Waals surface area contributed by atoms with E-state index in [0.717, 1.165) is 18.1 Å². The van der Waals surface area contributed by atoms with Crippen LogP contribution in [0, 0.1) is 11.8 Å². The van der Waals surface area contributed by atoms with Gasteiger partial charge < -0.3 is 5.73 Å². The Morgan fingerprint density at radius 2 is 1.94 bits per heavy atom. The molecule has 17 heavy (non-hydrogen) atoms. The molecule has 1 rings (SSSR count). The lowest BCUT2D eigenvalue weighted by Crippen LogP contribution is -2.02. The fourth-order valence-electron chi connectivity index (χ4n) is 1.59. The summed E-state index contributed by atoms with van der Waals surface area (Å²) in [5, 5.41) is 1.24. The monoisotopic (exact) mass is 272 g/mol. The molecule has 2 N–H and O–H groups in total. The fraction of sp³-hybridized carbons (Fsp3) is 0.769. The Morgan fingerprint density at radius 1 is 1.24 bits per heavy atom. The molecule has 2 nitrogen and oxygen atoms in total. The van der Waals surface area contributed by atoms with Gasteiger partial charge in [0.2, 0.25) is 0 Å². The van der Waals surface area contributed by atoms with Gasteiger partial charge >= 0.3 is 0 Å². The highest BCUT2D eigenvalue weighted by molar-refractivity contribution is 7.98. The van der Waals surface area contributed by atoms with Gasteiger partial charge in [0.1, 0.15) is 5.01 Å². The van der Waals surface area contributed by atoms with Crippen molar-refractivity contribution in [3.63, 3.8) is 0 Å². The summed E-state index contributed by atoms with van der Waals surface area (Å²) < 4.78 is 0. The lowest BCUT2D eigenvalue weighted by atomic mass is 10.1. The Bertz CT molecular complexity index is 332. The summed E-state index contributed by atoms with van der Waals surface area (Å²) in [6.07, 6.45) is 1.05. The topological polar surface area (TPSA) is 38.9 Å². The van der Waals surface area contributed by atoms with E-state index >= 15 is 0 Å². The van der Waals surface area contributed by atoms with E-state index in [1.165, 1.54) is 21.3 Å². The van der Waals surface area contributed by atoms with Crippen LogP contribution in [-0.2, 0) is 18.7 Å². The first-order valence-electron chi connectivity index (χ1n) is 6.28. The summed E-state index contributed by atoms with van der Waals surface area (Å²) in [7, 11) is 0. The number of nitrogens with zero attached hydrogens (tertiary/aromatic N) is 1. The smallest absolute Gasteiger partial charge is 0.103 e.